The Labute approximate surface area is 125 Å². The van der Waals surface area contributed by atoms with E-state index in [2.05, 4.69) is 12.2 Å². The summed E-state index contributed by atoms with van der Waals surface area (Å²) in [6.45, 7) is 2.19. The van der Waals surface area contributed by atoms with Crippen molar-refractivity contribution < 1.29 is 9.59 Å². The topological polar surface area (TPSA) is 46.2 Å². The van der Waals surface area contributed by atoms with Crippen LogP contribution in [0.25, 0.3) is 0 Å². The van der Waals surface area contributed by atoms with Gasteiger partial charge in [0.2, 0.25) is 5.91 Å². The predicted octanol–water partition coefficient (Wildman–Crippen LogP) is 4.84. The van der Waals surface area contributed by atoms with E-state index in [-0.39, 0.29) is 5.91 Å². The van der Waals surface area contributed by atoms with Gasteiger partial charge in [0.25, 0.3) is 0 Å². The zero-order chi connectivity index (χ0) is 14.8. The van der Waals surface area contributed by atoms with E-state index in [4.69, 9.17) is 11.6 Å². The molecule has 1 aromatic carbocycles. The third kappa shape index (κ3) is 6.20. The molecule has 0 fully saturated rings. The number of anilines is 1. The van der Waals surface area contributed by atoms with Gasteiger partial charge in [0.15, 0.2) is 0 Å². The Kier molecular flexibility index (Phi) is 7.97. The minimum atomic E-state index is -0.0266. The van der Waals surface area contributed by atoms with E-state index >= 15 is 0 Å². The fraction of sp³-hybridized carbons (Fsp3) is 0.500. The summed E-state index contributed by atoms with van der Waals surface area (Å²) in [6.07, 6.45) is 8.17. The van der Waals surface area contributed by atoms with E-state index in [0.717, 1.165) is 19.1 Å². The molecule has 0 bridgehead atoms. The number of benzene rings is 1. The fourth-order valence-electron chi connectivity index (χ4n) is 1.98. The first-order valence-electron chi connectivity index (χ1n) is 7.22. The monoisotopic (exact) mass is 295 g/mol. The van der Waals surface area contributed by atoms with Crippen LogP contribution < -0.4 is 5.32 Å². The predicted molar refractivity (Wildman–Crippen MR) is 83.5 cm³/mol. The molecular formula is C16H22ClNO2. The van der Waals surface area contributed by atoms with Gasteiger partial charge in [-0.3, -0.25) is 9.59 Å². The van der Waals surface area contributed by atoms with Crippen LogP contribution in [-0.2, 0) is 4.79 Å². The van der Waals surface area contributed by atoms with Crippen LogP contribution in [0.1, 0.15) is 62.2 Å². The molecule has 0 aliphatic carbocycles. The molecule has 0 spiro atoms. The lowest BCUT2D eigenvalue weighted by molar-refractivity contribution is -0.116. The van der Waals surface area contributed by atoms with Crippen LogP contribution in [0.2, 0.25) is 5.02 Å². The van der Waals surface area contributed by atoms with Gasteiger partial charge in [-0.05, 0) is 24.6 Å². The Hall–Kier alpha value is -1.35. The molecule has 4 heteroatoms. The molecule has 0 aliphatic heterocycles. The van der Waals surface area contributed by atoms with E-state index in [1.807, 2.05) is 0 Å². The lowest BCUT2D eigenvalue weighted by atomic mass is 10.1. The van der Waals surface area contributed by atoms with Gasteiger partial charge in [0, 0.05) is 12.0 Å². The quantitative estimate of drug-likeness (QED) is 0.523. The molecule has 0 aromatic heterocycles. The largest absolute Gasteiger partial charge is 0.325 e. The Morgan fingerprint density at radius 1 is 1.20 bits per heavy atom. The second-order valence-electron chi connectivity index (χ2n) is 4.92. The molecule has 3 nitrogen and oxygen atoms in total. The number of rotatable bonds is 9. The number of hydrogen-bond donors (Lipinski definition) is 1. The summed E-state index contributed by atoms with van der Waals surface area (Å²) in [5.74, 6) is -0.0266. The van der Waals surface area contributed by atoms with Crippen molar-refractivity contribution in [3.63, 3.8) is 0 Å². The number of aldehydes is 1. The maximum Gasteiger partial charge on any atom is 0.224 e. The molecule has 0 atom stereocenters. The van der Waals surface area contributed by atoms with Crippen molar-refractivity contribution in [2.75, 3.05) is 5.32 Å². The molecule has 0 heterocycles. The summed E-state index contributed by atoms with van der Waals surface area (Å²) >= 11 is 6.00. The first-order valence-corrected chi connectivity index (χ1v) is 7.59. The molecular weight excluding hydrogens is 274 g/mol. The van der Waals surface area contributed by atoms with Crippen LogP contribution in [0.5, 0.6) is 0 Å². The normalized spacial score (nSPS) is 10.3. The average molecular weight is 296 g/mol. The Morgan fingerprint density at radius 3 is 2.55 bits per heavy atom. The number of nitrogens with one attached hydrogen (secondary N) is 1. The number of unbranched alkanes of at least 4 members (excludes halogenated alkanes) is 5. The summed E-state index contributed by atoms with van der Waals surface area (Å²) in [5.41, 5.74) is 1.07. The van der Waals surface area contributed by atoms with Crippen molar-refractivity contribution in [3.05, 3.63) is 28.8 Å². The van der Waals surface area contributed by atoms with Crippen molar-refractivity contribution in [2.24, 2.45) is 0 Å². The molecule has 0 unspecified atom stereocenters. The molecule has 0 saturated heterocycles. The van der Waals surface area contributed by atoms with Gasteiger partial charge >= 0.3 is 0 Å². The zero-order valence-electron chi connectivity index (χ0n) is 12.0. The van der Waals surface area contributed by atoms with E-state index < -0.39 is 0 Å². The van der Waals surface area contributed by atoms with Crippen molar-refractivity contribution >= 4 is 29.5 Å². The molecule has 0 aliphatic rings. The summed E-state index contributed by atoms with van der Waals surface area (Å²) in [7, 11) is 0. The maximum absolute atomic E-state index is 11.8. The number of carbonyl (C=O) groups is 2. The Balaban J connectivity index is 2.30. The van der Waals surface area contributed by atoms with Gasteiger partial charge in [-0.2, -0.15) is 0 Å². The highest BCUT2D eigenvalue weighted by Crippen LogP contribution is 2.22. The van der Waals surface area contributed by atoms with Gasteiger partial charge in [-0.25, -0.2) is 0 Å². The summed E-state index contributed by atoms with van der Waals surface area (Å²) in [6, 6.07) is 4.85. The number of carbonyl (C=O) groups excluding carboxylic acids is 2. The lowest BCUT2D eigenvalue weighted by Crippen LogP contribution is -2.11. The second-order valence-corrected chi connectivity index (χ2v) is 5.33. The molecule has 1 amide bonds. The van der Waals surface area contributed by atoms with Gasteiger partial charge < -0.3 is 5.32 Å². The third-order valence-corrected chi connectivity index (χ3v) is 3.47. The van der Waals surface area contributed by atoms with Crippen molar-refractivity contribution in [1.82, 2.24) is 0 Å². The number of hydrogen-bond acceptors (Lipinski definition) is 2. The highest BCUT2D eigenvalue weighted by Gasteiger charge is 2.06. The minimum absolute atomic E-state index is 0.0266. The van der Waals surface area contributed by atoms with Crippen LogP contribution in [0.4, 0.5) is 5.69 Å². The molecule has 0 radical (unpaired) electrons. The third-order valence-electron chi connectivity index (χ3n) is 3.16. The molecule has 1 N–H and O–H groups in total. The number of amides is 1. The van der Waals surface area contributed by atoms with Crippen LogP contribution in [0, 0.1) is 0 Å². The van der Waals surface area contributed by atoms with Crippen LogP contribution >= 0.6 is 11.6 Å². The second kappa shape index (κ2) is 9.54. The SMILES string of the molecule is CCCCCCCCC(=O)Nc1ccc(C=O)cc1Cl. The first-order chi connectivity index (χ1) is 9.67. The van der Waals surface area contributed by atoms with Crippen LogP contribution in [0.3, 0.4) is 0 Å². The standard InChI is InChI=1S/C16H22ClNO2/c1-2-3-4-5-6-7-8-16(20)18-15-10-9-13(12-19)11-14(15)17/h9-12H,2-8H2,1H3,(H,18,20). The summed E-state index contributed by atoms with van der Waals surface area (Å²) in [5, 5.41) is 3.17. The molecule has 20 heavy (non-hydrogen) atoms. The van der Waals surface area contributed by atoms with Crippen molar-refractivity contribution in [3.8, 4) is 0 Å². The molecule has 1 aromatic rings. The summed E-state index contributed by atoms with van der Waals surface area (Å²) < 4.78 is 0. The van der Waals surface area contributed by atoms with E-state index in [1.54, 1.807) is 18.2 Å². The fourth-order valence-corrected chi connectivity index (χ4v) is 2.22. The smallest absolute Gasteiger partial charge is 0.224 e. The lowest BCUT2D eigenvalue weighted by Gasteiger charge is -2.07. The van der Waals surface area contributed by atoms with Gasteiger partial charge in [-0.15, -0.1) is 0 Å². The average Bonchev–Trinajstić information content (AvgIpc) is 2.45. The Bertz CT molecular complexity index is 446. The van der Waals surface area contributed by atoms with Gasteiger partial charge in [0.1, 0.15) is 6.29 Å². The highest BCUT2D eigenvalue weighted by molar-refractivity contribution is 6.34. The van der Waals surface area contributed by atoms with Gasteiger partial charge in [0.05, 0.1) is 10.7 Å². The highest BCUT2D eigenvalue weighted by atomic mass is 35.5. The molecule has 110 valence electrons. The maximum atomic E-state index is 11.8. The van der Waals surface area contributed by atoms with E-state index in [9.17, 15) is 9.59 Å². The van der Waals surface area contributed by atoms with E-state index in [1.165, 1.54) is 25.7 Å². The van der Waals surface area contributed by atoms with Crippen molar-refractivity contribution in [2.45, 2.75) is 51.9 Å². The van der Waals surface area contributed by atoms with Crippen LogP contribution in [0.15, 0.2) is 18.2 Å². The molecule has 1 rings (SSSR count). The molecule has 0 saturated carbocycles. The van der Waals surface area contributed by atoms with E-state index in [0.29, 0.717) is 22.7 Å². The van der Waals surface area contributed by atoms with Gasteiger partial charge in [-0.1, -0.05) is 50.6 Å². The number of halogens is 1. The zero-order valence-corrected chi connectivity index (χ0v) is 12.7. The first kappa shape index (κ1) is 16.7. The van der Waals surface area contributed by atoms with Crippen LogP contribution in [-0.4, -0.2) is 12.2 Å². The minimum Gasteiger partial charge on any atom is -0.325 e. The summed E-state index contributed by atoms with van der Waals surface area (Å²) in [4.78, 5) is 22.4. The van der Waals surface area contributed by atoms with Crippen molar-refractivity contribution in [1.29, 1.82) is 0 Å². The Morgan fingerprint density at radius 2 is 1.90 bits per heavy atom.